The average molecular weight is 499 g/mol. The molecule has 3 N–H and O–H groups in total. The van der Waals surface area contributed by atoms with Gasteiger partial charge in [0.25, 0.3) is 5.91 Å². The zero-order chi connectivity index (χ0) is 26.2. The number of hydrogen-bond donors (Lipinski definition) is 2. The van der Waals surface area contributed by atoms with Crippen molar-refractivity contribution >= 4 is 17.4 Å². The molecule has 1 amide bonds. The summed E-state index contributed by atoms with van der Waals surface area (Å²) in [4.78, 5) is 21.7. The molecule has 1 aliphatic carbocycles. The normalized spacial score (nSPS) is 12.4. The van der Waals surface area contributed by atoms with Crippen LogP contribution in [0.25, 0.3) is 11.3 Å². The Bertz CT molecular complexity index is 1340. The van der Waals surface area contributed by atoms with Gasteiger partial charge in [0, 0.05) is 17.2 Å². The van der Waals surface area contributed by atoms with E-state index in [9.17, 15) is 9.18 Å². The highest BCUT2D eigenvalue weighted by Crippen LogP contribution is 2.41. The molecule has 1 heterocycles. The van der Waals surface area contributed by atoms with Gasteiger partial charge in [-0.25, -0.2) is 9.37 Å². The van der Waals surface area contributed by atoms with Gasteiger partial charge in [0.05, 0.1) is 36.4 Å². The Hall–Kier alpha value is -4.10. The number of carbonyl (C=O) groups excluding carboxylic acids is 1. The highest BCUT2D eigenvalue weighted by Gasteiger charge is 2.28. The van der Waals surface area contributed by atoms with Crippen LogP contribution < -0.4 is 11.1 Å². The van der Waals surface area contributed by atoms with E-state index in [0.717, 1.165) is 29.7 Å². The van der Waals surface area contributed by atoms with E-state index in [0.29, 0.717) is 41.9 Å². The van der Waals surface area contributed by atoms with E-state index in [-0.39, 0.29) is 5.56 Å². The highest BCUT2D eigenvalue weighted by molar-refractivity contribution is 6.05. The van der Waals surface area contributed by atoms with Gasteiger partial charge in [-0.05, 0) is 54.3 Å². The lowest BCUT2D eigenvalue weighted by Gasteiger charge is -2.10. The largest absolute Gasteiger partial charge is 0.382 e. The van der Waals surface area contributed by atoms with Gasteiger partial charge < -0.3 is 15.8 Å². The fraction of sp³-hybridized carbons (Fsp3) is 0.233. The molecule has 0 radical (unpaired) electrons. The van der Waals surface area contributed by atoms with Crippen LogP contribution in [0.15, 0.2) is 79.0 Å². The molecular formula is C30H31FN4O2. The molecule has 4 aromatic rings. The number of halogens is 1. The van der Waals surface area contributed by atoms with Crippen molar-refractivity contribution < 1.29 is 13.9 Å². The molecule has 1 saturated carbocycles. The van der Waals surface area contributed by atoms with E-state index >= 15 is 0 Å². The number of ether oxygens (including phenoxy) is 1. The first-order chi connectivity index (χ1) is 18.1. The van der Waals surface area contributed by atoms with Crippen LogP contribution in [0.3, 0.4) is 0 Å². The quantitative estimate of drug-likeness (QED) is 0.281. The molecule has 0 saturated heterocycles. The minimum Gasteiger partial charge on any atom is -0.382 e. The summed E-state index contributed by atoms with van der Waals surface area (Å²) in [6, 6.07) is 21.5. The van der Waals surface area contributed by atoms with Crippen molar-refractivity contribution in [3.63, 3.8) is 0 Å². The summed E-state index contributed by atoms with van der Waals surface area (Å²) in [7, 11) is 0. The molecule has 1 fully saturated rings. The number of carbonyl (C=O) groups is 1. The highest BCUT2D eigenvalue weighted by atomic mass is 19.1. The maximum Gasteiger partial charge on any atom is 0.258 e. The molecule has 37 heavy (non-hydrogen) atoms. The van der Waals surface area contributed by atoms with Gasteiger partial charge in [-0.15, -0.1) is 0 Å². The van der Waals surface area contributed by atoms with E-state index < -0.39 is 11.7 Å². The van der Waals surface area contributed by atoms with Gasteiger partial charge in [0.2, 0.25) is 0 Å². The van der Waals surface area contributed by atoms with E-state index in [1.807, 2.05) is 56.3 Å². The molecule has 6 nitrogen and oxygen atoms in total. The Balaban J connectivity index is 0.00000156. The molecule has 0 atom stereocenters. The number of amides is 1. The van der Waals surface area contributed by atoms with E-state index in [4.69, 9.17) is 10.5 Å². The lowest BCUT2D eigenvalue weighted by molar-refractivity contribution is 0.102. The van der Waals surface area contributed by atoms with Crippen molar-refractivity contribution in [3.05, 3.63) is 107 Å². The number of nitrogens with one attached hydrogen (secondary N) is 1. The van der Waals surface area contributed by atoms with Crippen LogP contribution >= 0.6 is 0 Å². The monoisotopic (exact) mass is 498 g/mol. The third-order valence-corrected chi connectivity index (χ3v) is 5.89. The van der Waals surface area contributed by atoms with Gasteiger partial charge in [-0.1, -0.05) is 56.3 Å². The lowest BCUT2D eigenvalue weighted by Crippen LogP contribution is -2.14. The first-order valence-corrected chi connectivity index (χ1v) is 12.5. The summed E-state index contributed by atoms with van der Waals surface area (Å²) in [5.74, 6) is -0.401. The summed E-state index contributed by atoms with van der Waals surface area (Å²) >= 11 is 0. The van der Waals surface area contributed by atoms with Crippen LogP contribution in [0.4, 0.5) is 15.9 Å². The predicted molar refractivity (Wildman–Crippen MR) is 144 cm³/mol. The maximum absolute atomic E-state index is 14.5. The Labute approximate surface area is 216 Å². The van der Waals surface area contributed by atoms with E-state index in [2.05, 4.69) is 15.3 Å². The van der Waals surface area contributed by atoms with Gasteiger partial charge in [-0.2, -0.15) is 0 Å². The number of hydrogen-bond acceptors (Lipinski definition) is 5. The van der Waals surface area contributed by atoms with Crippen molar-refractivity contribution in [2.75, 3.05) is 11.1 Å². The minimum atomic E-state index is -0.618. The predicted octanol–water partition coefficient (Wildman–Crippen LogP) is 6.74. The summed E-state index contributed by atoms with van der Waals surface area (Å²) < 4.78 is 20.2. The first kappa shape index (κ1) is 26.0. The third kappa shape index (κ3) is 6.77. The molecule has 1 aliphatic rings. The molecule has 3 aromatic carbocycles. The number of aromatic nitrogens is 2. The number of nitrogens with two attached hydrogens (primary N) is 1. The van der Waals surface area contributed by atoms with E-state index in [1.54, 1.807) is 24.4 Å². The molecule has 5 rings (SSSR count). The molecule has 190 valence electrons. The average Bonchev–Trinajstić information content (AvgIpc) is 3.77. The molecule has 7 heteroatoms. The zero-order valence-electron chi connectivity index (χ0n) is 21.1. The molecule has 0 bridgehead atoms. The fourth-order valence-corrected chi connectivity index (χ4v) is 3.83. The van der Waals surface area contributed by atoms with Crippen LogP contribution in [0.1, 0.15) is 59.8 Å². The van der Waals surface area contributed by atoms with Crippen molar-refractivity contribution in [3.8, 4) is 11.3 Å². The van der Waals surface area contributed by atoms with Crippen LogP contribution in [0.2, 0.25) is 0 Å². The van der Waals surface area contributed by atoms with Crippen LogP contribution in [0.5, 0.6) is 0 Å². The lowest BCUT2D eigenvalue weighted by atomic mass is 10.1. The maximum atomic E-state index is 14.5. The Kier molecular flexibility index (Phi) is 8.59. The summed E-state index contributed by atoms with van der Waals surface area (Å²) in [6.45, 7) is 4.97. The second-order valence-corrected chi connectivity index (χ2v) is 8.62. The standard InChI is InChI=1S/C28H25FN4O2.C2H6/c29-24-13-10-21(25-15-31-26(20-8-9-20)27(30)33-25)14-23(24)28(34)32-22-11-6-19(7-12-22)17-35-16-18-4-2-1-3-5-18;1-2/h1-7,10-15,20H,8-9,16-17H2,(H2,30,33)(H,32,34);1-2H3. The summed E-state index contributed by atoms with van der Waals surface area (Å²) in [5, 5.41) is 2.75. The SMILES string of the molecule is CC.Nc1nc(-c2ccc(F)c(C(=O)Nc3ccc(COCc4ccccc4)cc3)c2)cnc1C1CC1. The number of nitrogen functional groups attached to an aromatic ring is 1. The van der Waals surface area contributed by atoms with Gasteiger partial charge in [0.1, 0.15) is 11.6 Å². The fourth-order valence-electron chi connectivity index (χ4n) is 3.83. The first-order valence-electron chi connectivity index (χ1n) is 12.5. The van der Waals surface area contributed by atoms with Crippen molar-refractivity contribution in [2.24, 2.45) is 0 Å². The molecule has 0 aliphatic heterocycles. The van der Waals surface area contributed by atoms with Crippen LogP contribution in [-0.2, 0) is 18.0 Å². The molecule has 1 aromatic heterocycles. The second kappa shape index (κ2) is 12.2. The molecular weight excluding hydrogens is 467 g/mol. The Morgan fingerprint density at radius 3 is 2.32 bits per heavy atom. The van der Waals surface area contributed by atoms with Crippen molar-refractivity contribution in [1.29, 1.82) is 0 Å². The molecule has 0 unspecified atom stereocenters. The number of rotatable bonds is 8. The number of nitrogens with zero attached hydrogens (tertiary/aromatic N) is 2. The van der Waals surface area contributed by atoms with Crippen LogP contribution in [-0.4, -0.2) is 15.9 Å². The zero-order valence-corrected chi connectivity index (χ0v) is 21.1. The van der Waals surface area contributed by atoms with Gasteiger partial charge >= 0.3 is 0 Å². The minimum absolute atomic E-state index is 0.0792. The van der Waals surface area contributed by atoms with Crippen molar-refractivity contribution in [1.82, 2.24) is 9.97 Å². The number of benzene rings is 3. The number of anilines is 2. The Morgan fingerprint density at radius 2 is 1.68 bits per heavy atom. The Morgan fingerprint density at radius 1 is 1.00 bits per heavy atom. The third-order valence-electron chi connectivity index (χ3n) is 5.89. The summed E-state index contributed by atoms with van der Waals surface area (Å²) in [5.41, 5.74) is 10.5. The van der Waals surface area contributed by atoms with Gasteiger partial charge in [0.15, 0.2) is 0 Å². The molecule has 0 spiro atoms. The second-order valence-electron chi connectivity index (χ2n) is 8.62. The van der Waals surface area contributed by atoms with Gasteiger partial charge in [-0.3, -0.25) is 9.78 Å². The summed E-state index contributed by atoms with van der Waals surface area (Å²) in [6.07, 6.45) is 3.76. The van der Waals surface area contributed by atoms with Crippen molar-refractivity contribution in [2.45, 2.75) is 45.8 Å². The topological polar surface area (TPSA) is 90.1 Å². The van der Waals surface area contributed by atoms with E-state index in [1.165, 1.54) is 12.1 Å². The smallest absolute Gasteiger partial charge is 0.258 e. The van der Waals surface area contributed by atoms with Crippen LogP contribution in [0, 0.1) is 5.82 Å².